The molecule has 0 aliphatic carbocycles. The largest absolute Gasteiger partial charge is 0.480 e. The number of amides is 2. The number of nitrogens with zero attached hydrogens (tertiary/aromatic N) is 2. The van der Waals surface area contributed by atoms with Gasteiger partial charge in [-0.25, -0.2) is 0 Å². The van der Waals surface area contributed by atoms with Crippen molar-refractivity contribution in [3.63, 3.8) is 0 Å². The number of rotatable bonds is 5. The van der Waals surface area contributed by atoms with Crippen molar-refractivity contribution in [2.75, 3.05) is 26.2 Å². The first-order chi connectivity index (χ1) is 10.2. The summed E-state index contributed by atoms with van der Waals surface area (Å²) in [6.07, 6.45) is 0.998. The van der Waals surface area contributed by atoms with Crippen molar-refractivity contribution in [2.24, 2.45) is 0 Å². The molecule has 2 rings (SSSR count). The van der Waals surface area contributed by atoms with E-state index in [9.17, 15) is 9.59 Å². The molecular formula is C16H22N2O3. The molecule has 0 radical (unpaired) electrons. The Morgan fingerprint density at radius 1 is 1.29 bits per heavy atom. The lowest BCUT2D eigenvalue weighted by Gasteiger charge is -2.34. The summed E-state index contributed by atoms with van der Waals surface area (Å²) in [5.74, 6) is 0.760. The van der Waals surface area contributed by atoms with E-state index in [1.807, 2.05) is 38.1 Å². The van der Waals surface area contributed by atoms with Gasteiger partial charge in [-0.15, -0.1) is 0 Å². The highest BCUT2D eigenvalue weighted by Crippen LogP contribution is 2.20. The predicted octanol–water partition coefficient (Wildman–Crippen LogP) is 1.45. The minimum Gasteiger partial charge on any atom is -0.480 e. The van der Waals surface area contributed by atoms with Gasteiger partial charge in [0.2, 0.25) is 6.41 Å². The Bertz CT molecular complexity index is 496. The van der Waals surface area contributed by atoms with Crippen LogP contribution in [0.15, 0.2) is 24.3 Å². The van der Waals surface area contributed by atoms with Crippen LogP contribution < -0.4 is 4.74 Å². The number of hydrogen-bond acceptors (Lipinski definition) is 3. The summed E-state index contributed by atoms with van der Waals surface area (Å²) in [4.78, 5) is 26.7. The van der Waals surface area contributed by atoms with Crippen LogP contribution in [0.4, 0.5) is 0 Å². The molecule has 1 aliphatic rings. The molecule has 0 saturated carbocycles. The number of piperazine rings is 1. The second kappa shape index (κ2) is 7.11. The zero-order valence-electron chi connectivity index (χ0n) is 12.6. The van der Waals surface area contributed by atoms with Gasteiger partial charge in [-0.2, -0.15) is 0 Å². The molecule has 0 aromatic heterocycles. The summed E-state index contributed by atoms with van der Waals surface area (Å²) in [7, 11) is 0. The molecule has 0 spiro atoms. The van der Waals surface area contributed by atoms with E-state index in [1.165, 1.54) is 0 Å². The summed E-state index contributed by atoms with van der Waals surface area (Å²) in [5, 5.41) is 0. The molecule has 1 saturated heterocycles. The van der Waals surface area contributed by atoms with Crippen LogP contribution in [0.3, 0.4) is 0 Å². The average Bonchev–Trinajstić information content (AvgIpc) is 2.53. The first-order valence-corrected chi connectivity index (χ1v) is 7.36. The molecular weight excluding hydrogens is 268 g/mol. The van der Waals surface area contributed by atoms with Crippen molar-refractivity contribution in [3.05, 3.63) is 29.8 Å². The fourth-order valence-electron chi connectivity index (χ4n) is 2.40. The smallest absolute Gasteiger partial charge is 0.263 e. The van der Waals surface area contributed by atoms with Gasteiger partial charge < -0.3 is 14.5 Å². The van der Waals surface area contributed by atoms with Gasteiger partial charge in [-0.05, 0) is 25.0 Å². The van der Waals surface area contributed by atoms with Gasteiger partial charge in [0, 0.05) is 26.2 Å². The Hall–Kier alpha value is -2.04. The Balaban J connectivity index is 1.99. The molecule has 1 fully saturated rings. The highest BCUT2D eigenvalue weighted by molar-refractivity contribution is 5.81. The minimum atomic E-state index is -0.464. The van der Waals surface area contributed by atoms with E-state index in [0.717, 1.165) is 17.7 Å². The van der Waals surface area contributed by atoms with Crippen LogP contribution in [0.1, 0.15) is 18.9 Å². The van der Waals surface area contributed by atoms with Crippen LogP contribution in [0.2, 0.25) is 0 Å². The van der Waals surface area contributed by atoms with Crippen LogP contribution in [0, 0.1) is 6.92 Å². The second-order valence-corrected chi connectivity index (χ2v) is 5.25. The first-order valence-electron chi connectivity index (χ1n) is 7.36. The topological polar surface area (TPSA) is 49.9 Å². The maximum Gasteiger partial charge on any atom is 0.263 e. The van der Waals surface area contributed by atoms with Gasteiger partial charge in [-0.3, -0.25) is 9.59 Å². The molecule has 2 amide bonds. The summed E-state index contributed by atoms with van der Waals surface area (Å²) in [5.41, 5.74) is 1.02. The van der Waals surface area contributed by atoms with Gasteiger partial charge >= 0.3 is 0 Å². The fraction of sp³-hybridized carbons (Fsp3) is 0.500. The van der Waals surface area contributed by atoms with E-state index in [-0.39, 0.29) is 5.91 Å². The number of para-hydroxylation sites is 1. The van der Waals surface area contributed by atoms with E-state index < -0.39 is 6.10 Å². The molecule has 1 heterocycles. The predicted molar refractivity (Wildman–Crippen MR) is 80.1 cm³/mol. The van der Waals surface area contributed by atoms with Crippen LogP contribution >= 0.6 is 0 Å². The number of hydrogen-bond donors (Lipinski definition) is 0. The lowest BCUT2D eigenvalue weighted by Crippen LogP contribution is -2.51. The quantitative estimate of drug-likeness (QED) is 0.771. The van der Waals surface area contributed by atoms with E-state index in [1.54, 1.807) is 9.80 Å². The third-order valence-corrected chi connectivity index (χ3v) is 3.78. The van der Waals surface area contributed by atoms with E-state index in [0.29, 0.717) is 32.6 Å². The zero-order chi connectivity index (χ0) is 15.2. The van der Waals surface area contributed by atoms with Crippen molar-refractivity contribution in [2.45, 2.75) is 26.4 Å². The Morgan fingerprint density at radius 3 is 2.52 bits per heavy atom. The zero-order valence-corrected chi connectivity index (χ0v) is 12.6. The lowest BCUT2D eigenvalue weighted by atomic mass is 10.2. The number of benzene rings is 1. The Morgan fingerprint density at radius 2 is 1.95 bits per heavy atom. The maximum atomic E-state index is 12.5. The summed E-state index contributed by atoms with van der Waals surface area (Å²) < 4.78 is 5.89. The third kappa shape index (κ3) is 3.74. The van der Waals surface area contributed by atoms with Crippen LogP contribution in [0.25, 0.3) is 0 Å². The highest BCUT2D eigenvalue weighted by atomic mass is 16.5. The Labute approximate surface area is 125 Å². The van der Waals surface area contributed by atoms with Gasteiger partial charge in [0.25, 0.3) is 5.91 Å². The molecule has 1 aliphatic heterocycles. The summed E-state index contributed by atoms with van der Waals surface area (Å²) in [6, 6.07) is 7.71. The molecule has 0 unspecified atom stereocenters. The normalized spacial score (nSPS) is 16.5. The SMILES string of the molecule is CC[C@@H](Oc1ccccc1C)C(=O)N1CCN(C=O)CC1. The fourth-order valence-corrected chi connectivity index (χ4v) is 2.40. The van der Waals surface area contributed by atoms with Gasteiger partial charge in [-0.1, -0.05) is 25.1 Å². The Kier molecular flexibility index (Phi) is 5.20. The molecule has 21 heavy (non-hydrogen) atoms. The number of aryl methyl sites for hydroxylation is 1. The number of carbonyl (C=O) groups is 2. The maximum absolute atomic E-state index is 12.5. The van der Waals surface area contributed by atoms with Gasteiger partial charge in [0.05, 0.1) is 0 Å². The standard InChI is InChI=1S/C16H22N2O3/c1-3-14(21-15-7-5-4-6-13(15)2)16(20)18-10-8-17(12-19)9-11-18/h4-7,12,14H,3,8-11H2,1-2H3/t14-/m1/s1. The molecule has 5 nitrogen and oxygen atoms in total. The van der Waals surface area contributed by atoms with E-state index >= 15 is 0 Å². The third-order valence-electron chi connectivity index (χ3n) is 3.78. The van der Waals surface area contributed by atoms with E-state index in [4.69, 9.17) is 4.74 Å². The van der Waals surface area contributed by atoms with Gasteiger partial charge in [0.1, 0.15) is 5.75 Å². The average molecular weight is 290 g/mol. The first kappa shape index (κ1) is 15.4. The monoisotopic (exact) mass is 290 g/mol. The molecule has 1 aromatic rings. The van der Waals surface area contributed by atoms with E-state index in [2.05, 4.69) is 0 Å². The number of ether oxygens (including phenoxy) is 1. The molecule has 114 valence electrons. The van der Waals surface area contributed by atoms with Crippen molar-refractivity contribution >= 4 is 12.3 Å². The van der Waals surface area contributed by atoms with Gasteiger partial charge in [0.15, 0.2) is 6.10 Å². The minimum absolute atomic E-state index is 0.00584. The molecule has 0 bridgehead atoms. The van der Waals surface area contributed by atoms with Crippen molar-refractivity contribution in [1.82, 2.24) is 9.80 Å². The van der Waals surface area contributed by atoms with Crippen LogP contribution in [0.5, 0.6) is 5.75 Å². The highest BCUT2D eigenvalue weighted by Gasteiger charge is 2.27. The summed E-state index contributed by atoms with van der Waals surface area (Å²) >= 11 is 0. The van der Waals surface area contributed by atoms with Crippen LogP contribution in [-0.2, 0) is 9.59 Å². The van der Waals surface area contributed by atoms with Crippen molar-refractivity contribution in [1.29, 1.82) is 0 Å². The lowest BCUT2D eigenvalue weighted by molar-refractivity contribution is -0.142. The van der Waals surface area contributed by atoms with Crippen LogP contribution in [-0.4, -0.2) is 54.4 Å². The molecule has 1 atom stereocenters. The number of carbonyl (C=O) groups excluding carboxylic acids is 2. The van der Waals surface area contributed by atoms with Crippen molar-refractivity contribution in [3.8, 4) is 5.75 Å². The van der Waals surface area contributed by atoms with Crippen molar-refractivity contribution < 1.29 is 14.3 Å². The molecule has 5 heteroatoms. The molecule has 0 N–H and O–H groups in total. The summed E-state index contributed by atoms with van der Waals surface area (Å²) in [6.45, 7) is 6.25. The molecule has 1 aromatic carbocycles. The second-order valence-electron chi connectivity index (χ2n) is 5.25.